The van der Waals surface area contributed by atoms with Crippen LogP contribution in [0.15, 0.2) is 24.3 Å². The van der Waals surface area contributed by atoms with Gasteiger partial charge in [0.15, 0.2) is 0 Å². The Hall–Kier alpha value is -1.75. The second kappa shape index (κ2) is 8.77. The Morgan fingerprint density at radius 2 is 1.96 bits per heavy atom. The zero-order chi connectivity index (χ0) is 16.7. The minimum absolute atomic E-state index is 0.0451. The minimum Gasteiger partial charge on any atom is -0.496 e. The first-order valence-electron chi connectivity index (χ1n) is 8.54. The van der Waals surface area contributed by atoms with Gasteiger partial charge in [0.2, 0.25) is 0 Å². The van der Waals surface area contributed by atoms with Crippen molar-refractivity contribution >= 4 is 6.03 Å². The van der Waals surface area contributed by atoms with E-state index in [1.807, 2.05) is 29.2 Å². The molecule has 128 valence electrons. The van der Waals surface area contributed by atoms with E-state index in [4.69, 9.17) is 4.74 Å². The third-order valence-electron chi connectivity index (χ3n) is 4.68. The lowest BCUT2D eigenvalue weighted by Gasteiger charge is -2.37. The van der Waals surface area contributed by atoms with Crippen molar-refractivity contribution < 1.29 is 9.53 Å². The Labute approximate surface area is 139 Å². The number of hydrogen-bond acceptors (Lipinski definition) is 3. The van der Waals surface area contributed by atoms with E-state index in [1.165, 1.54) is 0 Å². The average molecular weight is 319 g/mol. The molecule has 1 heterocycles. The Morgan fingerprint density at radius 1 is 1.26 bits per heavy atom. The van der Waals surface area contributed by atoms with Gasteiger partial charge in [0.05, 0.1) is 7.11 Å². The molecule has 1 atom stereocenters. The van der Waals surface area contributed by atoms with Crippen molar-refractivity contribution in [1.29, 1.82) is 0 Å². The number of benzene rings is 1. The van der Waals surface area contributed by atoms with E-state index in [2.05, 4.69) is 24.1 Å². The smallest absolute Gasteiger partial charge is 0.317 e. The zero-order valence-corrected chi connectivity index (χ0v) is 14.5. The fourth-order valence-electron chi connectivity index (χ4n) is 2.95. The van der Waals surface area contributed by atoms with E-state index in [0.717, 1.165) is 50.3 Å². The highest BCUT2D eigenvalue weighted by atomic mass is 16.5. The van der Waals surface area contributed by atoms with E-state index < -0.39 is 0 Å². The minimum atomic E-state index is 0.0451. The first kappa shape index (κ1) is 17.6. The molecule has 0 spiro atoms. The molecule has 2 rings (SSSR count). The summed E-state index contributed by atoms with van der Waals surface area (Å²) in [6.45, 7) is 8.65. The summed E-state index contributed by atoms with van der Waals surface area (Å²) >= 11 is 0. The molecule has 1 N–H and O–H groups in total. The normalized spacial score (nSPS) is 16.9. The number of carbonyl (C=O) groups is 1. The number of nitrogens with one attached hydrogen (secondary N) is 1. The van der Waals surface area contributed by atoms with Crippen LogP contribution in [0, 0.1) is 0 Å². The summed E-state index contributed by atoms with van der Waals surface area (Å²) in [7, 11) is 1.67. The molecule has 1 unspecified atom stereocenters. The molecule has 1 aromatic carbocycles. The molecule has 1 aromatic rings. The first-order chi connectivity index (χ1) is 11.2. The quantitative estimate of drug-likeness (QED) is 0.875. The second-order valence-electron chi connectivity index (χ2n) is 6.07. The summed E-state index contributed by atoms with van der Waals surface area (Å²) in [5.41, 5.74) is 1.12. The molecule has 5 nitrogen and oxygen atoms in total. The molecule has 1 saturated heterocycles. The highest BCUT2D eigenvalue weighted by Crippen LogP contribution is 2.17. The van der Waals surface area contributed by atoms with Gasteiger partial charge in [-0.25, -0.2) is 4.79 Å². The van der Waals surface area contributed by atoms with Crippen molar-refractivity contribution in [2.75, 3.05) is 39.8 Å². The molecule has 0 bridgehead atoms. The lowest BCUT2D eigenvalue weighted by Crippen LogP contribution is -2.53. The third kappa shape index (κ3) is 4.86. The molecule has 0 aromatic heterocycles. The Bertz CT molecular complexity index is 499. The van der Waals surface area contributed by atoms with Crippen LogP contribution in [0.5, 0.6) is 5.75 Å². The van der Waals surface area contributed by atoms with Gasteiger partial charge in [-0.05, 0) is 31.4 Å². The Morgan fingerprint density at radius 3 is 2.61 bits per heavy atom. The van der Waals surface area contributed by atoms with Crippen LogP contribution in [-0.2, 0) is 6.42 Å². The van der Waals surface area contributed by atoms with Gasteiger partial charge in [0.1, 0.15) is 5.75 Å². The molecule has 23 heavy (non-hydrogen) atoms. The largest absolute Gasteiger partial charge is 0.496 e. The van der Waals surface area contributed by atoms with E-state index in [0.29, 0.717) is 12.6 Å². The number of hydrogen-bond donors (Lipinski definition) is 1. The molecule has 1 aliphatic heterocycles. The lowest BCUT2D eigenvalue weighted by molar-refractivity contribution is 0.112. The fourth-order valence-corrected chi connectivity index (χ4v) is 2.95. The second-order valence-corrected chi connectivity index (χ2v) is 6.07. The third-order valence-corrected chi connectivity index (χ3v) is 4.68. The fraction of sp³-hybridized carbons (Fsp3) is 0.611. The van der Waals surface area contributed by atoms with Gasteiger partial charge in [-0.15, -0.1) is 0 Å². The van der Waals surface area contributed by atoms with Crippen molar-refractivity contribution in [2.24, 2.45) is 0 Å². The number of nitrogens with zero attached hydrogens (tertiary/aromatic N) is 2. The number of para-hydroxylation sites is 1. The summed E-state index contributed by atoms with van der Waals surface area (Å²) < 4.78 is 5.34. The molecule has 5 heteroatoms. The number of methoxy groups -OCH3 is 1. The number of carbonyl (C=O) groups excluding carboxylic acids is 1. The maximum Gasteiger partial charge on any atom is 0.317 e. The van der Waals surface area contributed by atoms with Gasteiger partial charge in [-0.2, -0.15) is 0 Å². The van der Waals surface area contributed by atoms with Crippen LogP contribution in [-0.4, -0.2) is 61.7 Å². The van der Waals surface area contributed by atoms with Gasteiger partial charge >= 0.3 is 6.03 Å². The highest BCUT2D eigenvalue weighted by Gasteiger charge is 2.22. The van der Waals surface area contributed by atoms with E-state index in [-0.39, 0.29) is 6.03 Å². The average Bonchev–Trinajstić information content (AvgIpc) is 2.61. The first-order valence-corrected chi connectivity index (χ1v) is 8.54. The molecule has 1 aliphatic rings. The van der Waals surface area contributed by atoms with Crippen molar-refractivity contribution in [2.45, 2.75) is 32.7 Å². The molecule has 1 fully saturated rings. The maximum atomic E-state index is 12.3. The summed E-state index contributed by atoms with van der Waals surface area (Å²) in [5, 5.41) is 3.02. The molecular formula is C18H29N3O2. The number of piperazine rings is 1. The zero-order valence-electron chi connectivity index (χ0n) is 14.5. The van der Waals surface area contributed by atoms with Crippen LogP contribution in [0.4, 0.5) is 4.79 Å². The molecule has 2 amide bonds. The van der Waals surface area contributed by atoms with E-state index in [1.54, 1.807) is 7.11 Å². The van der Waals surface area contributed by atoms with Crippen LogP contribution in [0.3, 0.4) is 0 Å². The number of urea groups is 1. The van der Waals surface area contributed by atoms with Crippen molar-refractivity contribution in [3.05, 3.63) is 29.8 Å². The van der Waals surface area contributed by atoms with E-state index >= 15 is 0 Å². The van der Waals surface area contributed by atoms with Gasteiger partial charge in [-0.3, -0.25) is 4.90 Å². The SMILES string of the molecule is CCC(C)N1CCN(C(=O)NCCc2ccccc2OC)CC1. The van der Waals surface area contributed by atoms with Crippen LogP contribution in [0.1, 0.15) is 25.8 Å². The predicted octanol–water partition coefficient (Wildman–Crippen LogP) is 2.36. The Kier molecular flexibility index (Phi) is 6.71. The lowest BCUT2D eigenvalue weighted by atomic mass is 10.1. The van der Waals surface area contributed by atoms with Crippen molar-refractivity contribution in [1.82, 2.24) is 15.1 Å². The van der Waals surface area contributed by atoms with Gasteiger partial charge in [0.25, 0.3) is 0 Å². The topological polar surface area (TPSA) is 44.8 Å². The van der Waals surface area contributed by atoms with Crippen LogP contribution < -0.4 is 10.1 Å². The highest BCUT2D eigenvalue weighted by molar-refractivity contribution is 5.74. The summed E-state index contributed by atoms with van der Waals surface area (Å²) in [5.74, 6) is 0.879. The predicted molar refractivity (Wildman–Crippen MR) is 93.0 cm³/mol. The van der Waals surface area contributed by atoms with Crippen molar-refractivity contribution in [3.63, 3.8) is 0 Å². The van der Waals surface area contributed by atoms with Crippen LogP contribution >= 0.6 is 0 Å². The molecule has 0 aliphatic carbocycles. The molecular weight excluding hydrogens is 290 g/mol. The number of ether oxygens (including phenoxy) is 1. The molecule has 0 saturated carbocycles. The van der Waals surface area contributed by atoms with Crippen LogP contribution in [0.2, 0.25) is 0 Å². The van der Waals surface area contributed by atoms with Gasteiger partial charge < -0.3 is 15.0 Å². The summed E-state index contributed by atoms with van der Waals surface area (Å²) in [4.78, 5) is 16.6. The monoisotopic (exact) mass is 319 g/mol. The number of rotatable bonds is 6. The molecule has 0 radical (unpaired) electrons. The Balaban J connectivity index is 1.73. The van der Waals surface area contributed by atoms with Gasteiger partial charge in [-0.1, -0.05) is 25.1 Å². The summed E-state index contributed by atoms with van der Waals surface area (Å²) in [6.07, 6.45) is 1.94. The van der Waals surface area contributed by atoms with Gasteiger partial charge in [0, 0.05) is 38.8 Å². The van der Waals surface area contributed by atoms with Crippen molar-refractivity contribution in [3.8, 4) is 5.75 Å². The summed E-state index contributed by atoms with van der Waals surface area (Å²) in [6, 6.07) is 8.58. The maximum absolute atomic E-state index is 12.3. The van der Waals surface area contributed by atoms with Crippen LogP contribution in [0.25, 0.3) is 0 Å². The standard InChI is InChI=1S/C18H29N3O2/c1-4-15(2)20-11-13-21(14-12-20)18(22)19-10-9-16-7-5-6-8-17(16)23-3/h5-8,15H,4,9-14H2,1-3H3,(H,19,22). The van der Waals surface area contributed by atoms with E-state index in [9.17, 15) is 4.79 Å². The number of amides is 2.